The first-order chi connectivity index (χ1) is 9.65. The SMILES string of the molecule is CCc1cccc(NC(N)=NCC(=O)NCCOC)c1. The molecule has 20 heavy (non-hydrogen) atoms. The van der Waals surface area contributed by atoms with Gasteiger partial charge in [0, 0.05) is 19.3 Å². The molecule has 0 aromatic heterocycles. The second-order valence-corrected chi connectivity index (χ2v) is 4.22. The molecule has 6 heteroatoms. The van der Waals surface area contributed by atoms with Crippen molar-refractivity contribution in [2.75, 3.05) is 32.1 Å². The summed E-state index contributed by atoms with van der Waals surface area (Å²) < 4.78 is 4.83. The van der Waals surface area contributed by atoms with Gasteiger partial charge in [-0.15, -0.1) is 0 Å². The number of hydrogen-bond acceptors (Lipinski definition) is 3. The monoisotopic (exact) mass is 278 g/mol. The molecule has 0 aliphatic heterocycles. The van der Waals surface area contributed by atoms with Crippen LogP contribution >= 0.6 is 0 Å². The van der Waals surface area contributed by atoms with Gasteiger partial charge in [-0.05, 0) is 24.1 Å². The van der Waals surface area contributed by atoms with Crippen molar-refractivity contribution in [3.63, 3.8) is 0 Å². The van der Waals surface area contributed by atoms with Crippen LogP contribution in [0, 0.1) is 0 Å². The maximum absolute atomic E-state index is 11.4. The minimum Gasteiger partial charge on any atom is -0.383 e. The van der Waals surface area contributed by atoms with Gasteiger partial charge in [0.05, 0.1) is 6.61 Å². The number of nitrogens with two attached hydrogens (primary N) is 1. The minimum absolute atomic E-state index is 0.00395. The van der Waals surface area contributed by atoms with Gasteiger partial charge in [0.1, 0.15) is 6.54 Å². The number of benzene rings is 1. The van der Waals surface area contributed by atoms with E-state index in [-0.39, 0.29) is 18.4 Å². The number of methoxy groups -OCH3 is 1. The van der Waals surface area contributed by atoms with Gasteiger partial charge in [-0.2, -0.15) is 0 Å². The molecule has 0 spiro atoms. The molecule has 4 N–H and O–H groups in total. The topological polar surface area (TPSA) is 88.7 Å². The second kappa shape index (κ2) is 8.92. The molecule has 0 radical (unpaired) electrons. The van der Waals surface area contributed by atoms with Gasteiger partial charge < -0.3 is 21.1 Å². The molecular formula is C14H22N4O2. The van der Waals surface area contributed by atoms with E-state index in [9.17, 15) is 4.79 Å². The van der Waals surface area contributed by atoms with Crippen molar-refractivity contribution >= 4 is 17.6 Å². The maximum atomic E-state index is 11.4. The largest absolute Gasteiger partial charge is 0.383 e. The zero-order chi connectivity index (χ0) is 14.8. The number of aliphatic imine (C=N–C) groups is 1. The minimum atomic E-state index is -0.186. The van der Waals surface area contributed by atoms with Crippen LogP contribution in [-0.2, 0) is 16.0 Å². The van der Waals surface area contributed by atoms with E-state index in [1.54, 1.807) is 7.11 Å². The predicted molar refractivity (Wildman–Crippen MR) is 80.8 cm³/mol. The normalized spacial score (nSPS) is 11.2. The first-order valence-corrected chi connectivity index (χ1v) is 6.57. The Labute approximate surface area is 119 Å². The molecule has 1 aromatic rings. The van der Waals surface area contributed by atoms with Crippen molar-refractivity contribution in [3.05, 3.63) is 29.8 Å². The molecule has 110 valence electrons. The Balaban J connectivity index is 2.42. The van der Waals surface area contributed by atoms with Crippen molar-refractivity contribution in [2.24, 2.45) is 10.7 Å². The van der Waals surface area contributed by atoms with Crippen molar-refractivity contribution in [1.82, 2.24) is 5.32 Å². The van der Waals surface area contributed by atoms with Crippen molar-refractivity contribution in [3.8, 4) is 0 Å². The number of guanidine groups is 1. The van der Waals surface area contributed by atoms with Crippen LogP contribution in [0.2, 0.25) is 0 Å². The third-order valence-electron chi connectivity index (χ3n) is 2.63. The van der Waals surface area contributed by atoms with E-state index in [0.717, 1.165) is 12.1 Å². The molecule has 0 fully saturated rings. The molecule has 6 nitrogen and oxygen atoms in total. The highest BCUT2D eigenvalue weighted by Gasteiger charge is 2.00. The summed E-state index contributed by atoms with van der Waals surface area (Å²) in [5.41, 5.74) is 7.81. The third kappa shape index (κ3) is 6.19. The fourth-order valence-electron chi connectivity index (χ4n) is 1.56. The lowest BCUT2D eigenvalue weighted by molar-refractivity contribution is -0.119. The Morgan fingerprint density at radius 2 is 2.25 bits per heavy atom. The summed E-state index contributed by atoms with van der Waals surface area (Å²) in [7, 11) is 1.58. The van der Waals surface area contributed by atoms with E-state index in [1.165, 1.54) is 5.56 Å². The van der Waals surface area contributed by atoms with Crippen LogP contribution in [0.4, 0.5) is 5.69 Å². The Morgan fingerprint density at radius 3 is 2.95 bits per heavy atom. The molecule has 0 heterocycles. The van der Waals surface area contributed by atoms with Crippen LogP contribution in [0.3, 0.4) is 0 Å². The van der Waals surface area contributed by atoms with Gasteiger partial charge >= 0.3 is 0 Å². The number of nitrogens with zero attached hydrogens (tertiary/aromatic N) is 1. The van der Waals surface area contributed by atoms with E-state index in [4.69, 9.17) is 10.5 Å². The van der Waals surface area contributed by atoms with E-state index in [2.05, 4.69) is 22.5 Å². The highest BCUT2D eigenvalue weighted by molar-refractivity contribution is 5.93. The molecule has 0 saturated carbocycles. The fourth-order valence-corrected chi connectivity index (χ4v) is 1.56. The number of nitrogens with one attached hydrogen (secondary N) is 2. The summed E-state index contributed by atoms with van der Waals surface area (Å²) in [4.78, 5) is 15.4. The third-order valence-corrected chi connectivity index (χ3v) is 2.63. The average molecular weight is 278 g/mol. The van der Waals surface area contributed by atoms with Gasteiger partial charge in [0.2, 0.25) is 5.91 Å². The van der Waals surface area contributed by atoms with Crippen LogP contribution in [0.25, 0.3) is 0 Å². The quantitative estimate of drug-likeness (QED) is 0.390. The van der Waals surface area contributed by atoms with E-state index in [1.807, 2.05) is 24.3 Å². The highest BCUT2D eigenvalue weighted by Crippen LogP contribution is 2.10. The van der Waals surface area contributed by atoms with Crippen LogP contribution < -0.4 is 16.4 Å². The summed E-state index contributed by atoms with van der Waals surface area (Å²) in [6, 6.07) is 7.90. The summed E-state index contributed by atoms with van der Waals surface area (Å²) >= 11 is 0. The standard InChI is InChI=1S/C14H22N4O2/c1-3-11-5-4-6-12(9-11)18-14(15)17-10-13(19)16-7-8-20-2/h4-6,9H,3,7-8,10H2,1-2H3,(H,16,19)(H3,15,17,18). The van der Waals surface area contributed by atoms with E-state index in [0.29, 0.717) is 13.2 Å². The van der Waals surface area contributed by atoms with Crippen molar-refractivity contribution in [2.45, 2.75) is 13.3 Å². The lowest BCUT2D eigenvalue weighted by Gasteiger charge is -2.07. The van der Waals surface area contributed by atoms with E-state index >= 15 is 0 Å². The molecule has 0 bridgehead atoms. The summed E-state index contributed by atoms with van der Waals surface area (Å²) in [5.74, 6) is 0.0363. The van der Waals surface area contributed by atoms with Crippen LogP contribution in [0.15, 0.2) is 29.3 Å². The zero-order valence-electron chi connectivity index (χ0n) is 12.0. The zero-order valence-corrected chi connectivity index (χ0v) is 12.0. The van der Waals surface area contributed by atoms with E-state index < -0.39 is 0 Å². The molecule has 1 aromatic carbocycles. The Bertz CT molecular complexity index is 460. The smallest absolute Gasteiger partial charge is 0.241 e. The van der Waals surface area contributed by atoms with Gasteiger partial charge in [0.15, 0.2) is 5.96 Å². The number of anilines is 1. The summed E-state index contributed by atoms with van der Waals surface area (Å²) in [6.07, 6.45) is 0.953. The summed E-state index contributed by atoms with van der Waals surface area (Å²) in [6.45, 7) is 3.03. The molecule has 1 amide bonds. The molecule has 0 aliphatic rings. The number of rotatable bonds is 7. The van der Waals surface area contributed by atoms with Gasteiger partial charge in [0.25, 0.3) is 0 Å². The fraction of sp³-hybridized carbons (Fsp3) is 0.429. The van der Waals surface area contributed by atoms with Crippen LogP contribution in [0.1, 0.15) is 12.5 Å². The molecule has 0 saturated heterocycles. The lowest BCUT2D eigenvalue weighted by Crippen LogP contribution is -2.31. The predicted octanol–water partition coefficient (Wildman–Crippen LogP) is 0.738. The lowest BCUT2D eigenvalue weighted by atomic mass is 10.1. The molecule has 1 rings (SSSR count). The molecule has 0 atom stereocenters. The van der Waals surface area contributed by atoms with Gasteiger partial charge in [-0.1, -0.05) is 19.1 Å². The van der Waals surface area contributed by atoms with Crippen molar-refractivity contribution < 1.29 is 9.53 Å². The first-order valence-electron chi connectivity index (χ1n) is 6.57. The van der Waals surface area contributed by atoms with Crippen LogP contribution in [-0.4, -0.2) is 38.7 Å². The number of ether oxygens (including phenoxy) is 1. The van der Waals surface area contributed by atoms with Crippen LogP contribution in [0.5, 0.6) is 0 Å². The number of amides is 1. The number of hydrogen-bond donors (Lipinski definition) is 3. The van der Waals surface area contributed by atoms with Gasteiger partial charge in [-0.25, -0.2) is 4.99 Å². The summed E-state index contributed by atoms with van der Waals surface area (Å²) in [5, 5.41) is 5.63. The van der Waals surface area contributed by atoms with Crippen molar-refractivity contribution in [1.29, 1.82) is 0 Å². The number of carbonyl (C=O) groups excluding carboxylic acids is 1. The molecular weight excluding hydrogens is 256 g/mol. The molecule has 0 unspecified atom stereocenters. The Morgan fingerprint density at radius 1 is 1.45 bits per heavy atom. The van der Waals surface area contributed by atoms with Gasteiger partial charge in [-0.3, -0.25) is 4.79 Å². The maximum Gasteiger partial charge on any atom is 0.241 e. The number of aryl methyl sites for hydroxylation is 1. The molecule has 0 aliphatic carbocycles. The first kappa shape index (κ1) is 16.0. The number of carbonyl (C=O) groups is 1. The Kier molecular flexibility index (Phi) is 7.13. The Hall–Kier alpha value is -2.08. The highest BCUT2D eigenvalue weighted by atomic mass is 16.5. The average Bonchev–Trinajstić information content (AvgIpc) is 2.45. The second-order valence-electron chi connectivity index (χ2n) is 4.22.